The minimum absolute atomic E-state index is 0.0511. The van der Waals surface area contributed by atoms with Crippen LogP contribution in [-0.4, -0.2) is 22.4 Å². The second-order valence-electron chi connectivity index (χ2n) is 12.0. The Bertz CT molecular complexity index is 787. The molecule has 170 valence electrons. The van der Waals surface area contributed by atoms with Gasteiger partial charge in [-0.1, -0.05) is 56.3 Å². The topological polar surface area (TPSA) is 40.5 Å². The van der Waals surface area contributed by atoms with Crippen molar-refractivity contribution in [2.24, 2.45) is 40.4 Å². The molecule has 2 heteroatoms. The van der Waals surface area contributed by atoms with Gasteiger partial charge in [0.1, 0.15) is 0 Å². The van der Waals surface area contributed by atoms with Crippen LogP contribution in [0.1, 0.15) is 83.6 Å². The fourth-order valence-electron chi connectivity index (χ4n) is 8.89. The van der Waals surface area contributed by atoms with E-state index in [1.165, 1.54) is 50.5 Å². The van der Waals surface area contributed by atoms with Gasteiger partial charge in [-0.2, -0.15) is 0 Å². The van der Waals surface area contributed by atoms with E-state index in [0.29, 0.717) is 16.7 Å². The van der Waals surface area contributed by atoms with Crippen molar-refractivity contribution in [1.82, 2.24) is 0 Å². The maximum Gasteiger partial charge on any atom is 0.0727 e. The third-order valence-electron chi connectivity index (χ3n) is 10.7. The Kier molecular flexibility index (Phi) is 5.84. The molecule has 2 N–H and O–H groups in total. The summed E-state index contributed by atoms with van der Waals surface area (Å²) in [6.45, 7) is 5.14. The van der Waals surface area contributed by atoms with Crippen molar-refractivity contribution in [1.29, 1.82) is 0 Å². The molecule has 0 saturated heterocycles. The Labute approximate surface area is 189 Å². The molecule has 4 saturated carbocycles. The molecule has 0 spiro atoms. The summed E-state index contributed by atoms with van der Waals surface area (Å²) >= 11 is 0. The van der Waals surface area contributed by atoms with E-state index in [1.54, 1.807) is 0 Å². The van der Waals surface area contributed by atoms with Crippen LogP contribution in [0.2, 0.25) is 0 Å². The quantitative estimate of drug-likeness (QED) is 0.584. The van der Waals surface area contributed by atoms with Crippen LogP contribution in [0, 0.1) is 40.4 Å². The number of hydrogen-bond acceptors (Lipinski definition) is 2. The molecule has 4 fully saturated rings. The Morgan fingerprint density at radius 1 is 0.935 bits per heavy atom. The van der Waals surface area contributed by atoms with Crippen LogP contribution < -0.4 is 0 Å². The van der Waals surface area contributed by atoms with Gasteiger partial charge < -0.3 is 10.2 Å². The van der Waals surface area contributed by atoms with E-state index in [1.807, 2.05) is 12.1 Å². The summed E-state index contributed by atoms with van der Waals surface area (Å²) in [5.41, 5.74) is 2.03. The lowest BCUT2D eigenvalue weighted by molar-refractivity contribution is -0.127. The Morgan fingerprint density at radius 3 is 2.48 bits per heavy atom. The first-order valence-electron chi connectivity index (χ1n) is 13.0. The summed E-state index contributed by atoms with van der Waals surface area (Å²) in [5.74, 6) is 3.96. The number of benzene rings is 1. The maximum absolute atomic E-state index is 10.8. The summed E-state index contributed by atoms with van der Waals surface area (Å²) in [4.78, 5) is 0. The van der Waals surface area contributed by atoms with Crippen LogP contribution in [0.5, 0.6) is 0 Å². The van der Waals surface area contributed by atoms with Gasteiger partial charge in [0.25, 0.3) is 0 Å². The summed E-state index contributed by atoms with van der Waals surface area (Å²) < 4.78 is 0. The van der Waals surface area contributed by atoms with E-state index in [4.69, 9.17) is 0 Å². The molecule has 31 heavy (non-hydrogen) atoms. The van der Waals surface area contributed by atoms with E-state index in [9.17, 15) is 10.2 Å². The van der Waals surface area contributed by atoms with Gasteiger partial charge in [-0.15, -0.1) is 0 Å². The molecule has 0 radical (unpaired) electrons. The fourth-order valence-corrected chi connectivity index (χ4v) is 8.89. The van der Waals surface area contributed by atoms with Gasteiger partial charge in [-0.3, -0.25) is 0 Å². The molecule has 0 bridgehead atoms. The molecular formula is C29H42O2. The Balaban J connectivity index is 1.27. The number of rotatable bonds is 4. The predicted octanol–water partition coefficient (Wildman–Crippen LogP) is 6.47. The van der Waals surface area contributed by atoms with Gasteiger partial charge in [0.15, 0.2) is 0 Å². The fraction of sp³-hybridized carbons (Fsp3) is 0.724. The Hall–Kier alpha value is -1.12. The van der Waals surface area contributed by atoms with E-state index in [-0.39, 0.29) is 12.2 Å². The molecule has 4 aliphatic rings. The number of aliphatic hydroxyl groups excluding tert-OH is 2. The summed E-state index contributed by atoms with van der Waals surface area (Å²) in [7, 11) is 0. The van der Waals surface area contributed by atoms with Gasteiger partial charge in [-0.25, -0.2) is 0 Å². The maximum atomic E-state index is 10.8. The zero-order valence-electron chi connectivity index (χ0n) is 19.5. The van der Waals surface area contributed by atoms with Gasteiger partial charge >= 0.3 is 0 Å². The molecule has 0 aliphatic heterocycles. The van der Waals surface area contributed by atoms with Gasteiger partial charge in [0, 0.05) is 0 Å². The van der Waals surface area contributed by atoms with Gasteiger partial charge in [0.05, 0.1) is 12.2 Å². The van der Waals surface area contributed by atoms with Crippen molar-refractivity contribution in [2.45, 2.75) is 90.3 Å². The van der Waals surface area contributed by atoms with Crippen molar-refractivity contribution in [3.63, 3.8) is 0 Å². The molecule has 1 aromatic carbocycles. The molecule has 0 amide bonds. The lowest BCUT2D eigenvalue weighted by Gasteiger charge is -2.61. The lowest BCUT2D eigenvalue weighted by atomic mass is 9.44. The standard InChI is InChI=1S/C29H42O2/c1-28-16-14-24(31)19-21(28)9-12-25-26-13-10-22(29(26,2)17-15-27(25)28)18-23(30)11-8-20-6-4-3-5-7-20/h3-8,11,21-27,30-31H,9-10,12-19H2,1-2H3/b11-8+/t21?,22-,23?,24+,25?,26?,27?,28+,29?/m1/s1. The van der Waals surface area contributed by atoms with Gasteiger partial charge in [-0.05, 0) is 110 Å². The van der Waals surface area contributed by atoms with Crippen LogP contribution in [-0.2, 0) is 0 Å². The molecule has 0 aromatic heterocycles. The normalized spacial score (nSPS) is 45.7. The minimum atomic E-state index is -0.341. The van der Waals surface area contributed by atoms with Crippen LogP contribution in [0.25, 0.3) is 6.08 Å². The molecule has 5 rings (SSSR count). The molecule has 4 aliphatic carbocycles. The minimum Gasteiger partial charge on any atom is -0.393 e. The van der Waals surface area contributed by atoms with Crippen LogP contribution >= 0.6 is 0 Å². The first-order valence-corrected chi connectivity index (χ1v) is 13.0. The average Bonchev–Trinajstić information content (AvgIpc) is 3.10. The third kappa shape index (κ3) is 3.82. The summed E-state index contributed by atoms with van der Waals surface area (Å²) in [6, 6.07) is 10.3. The van der Waals surface area contributed by atoms with E-state index in [0.717, 1.165) is 42.9 Å². The van der Waals surface area contributed by atoms with E-state index >= 15 is 0 Å². The van der Waals surface area contributed by atoms with Crippen molar-refractivity contribution in [2.75, 3.05) is 0 Å². The Morgan fingerprint density at radius 2 is 1.68 bits per heavy atom. The molecular weight excluding hydrogens is 380 g/mol. The zero-order chi connectivity index (χ0) is 21.6. The molecule has 6 unspecified atom stereocenters. The van der Waals surface area contributed by atoms with Crippen molar-refractivity contribution >= 4 is 6.08 Å². The van der Waals surface area contributed by atoms with E-state index < -0.39 is 0 Å². The molecule has 1 aromatic rings. The predicted molar refractivity (Wildman–Crippen MR) is 127 cm³/mol. The number of fused-ring (bicyclic) bond motifs is 5. The molecule has 9 atom stereocenters. The van der Waals surface area contributed by atoms with Crippen molar-refractivity contribution < 1.29 is 10.2 Å². The zero-order valence-corrected chi connectivity index (χ0v) is 19.5. The molecule has 2 nitrogen and oxygen atoms in total. The highest BCUT2D eigenvalue weighted by atomic mass is 16.3. The highest BCUT2D eigenvalue weighted by molar-refractivity contribution is 5.49. The molecule has 0 heterocycles. The highest BCUT2D eigenvalue weighted by Crippen LogP contribution is 2.67. The largest absolute Gasteiger partial charge is 0.393 e. The van der Waals surface area contributed by atoms with Crippen LogP contribution in [0.4, 0.5) is 0 Å². The second-order valence-corrected chi connectivity index (χ2v) is 12.0. The SMILES string of the molecule is CC12CCC3C(CCC4C[C@@H](O)CC[C@@]43C)C1CC[C@@H]2CC(O)/C=C/c1ccccc1. The number of hydrogen-bond donors (Lipinski definition) is 2. The summed E-state index contributed by atoms with van der Waals surface area (Å²) in [5, 5.41) is 21.1. The average molecular weight is 423 g/mol. The smallest absolute Gasteiger partial charge is 0.0727 e. The van der Waals surface area contributed by atoms with Crippen molar-refractivity contribution in [3.8, 4) is 0 Å². The lowest BCUT2D eigenvalue weighted by Crippen LogP contribution is -2.54. The first kappa shape index (κ1) is 21.7. The van der Waals surface area contributed by atoms with E-state index in [2.05, 4.69) is 44.2 Å². The van der Waals surface area contributed by atoms with Crippen molar-refractivity contribution in [3.05, 3.63) is 42.0 Å². The highest BCUT2D eigenvalue weighted by Gasteiger charge is 2.60. The third-order valence-corrected chi connectivity index (χ3v) is 10.7. The first-order chi connectivity index (χ1) is 14.9. The van der Waals surface area contributed by atoms with Crippen LogP contribution in [0.3, 0.4) is 0 Å². The van der Waals surface area contributed by atoms with Gasteiger partial charge in [0.2, 0.25) is 0 Å². The second kappa shape index (κ2) is 8.34. The number of aliphatic hydroxyl groups is 2. The van der Waals surface area contributed by atoms with Crippen LogP contribution in [0.15, 0.2) is 36.4 Å². The summed E-state index contributed by atoms with van der Waals surface area (Å²) in [6.07, 6.45) is 16.0. The monoisotopic (exact) mass is 422 g/mol.